The summed E-state index contributed by atoms with van der Waals surface area (Å²) in [7, 11) is 0. The molecule has 1 fully saturated rings. The van der Waals surface area contributed by atoms with Gasteiger partial charge in [0.05, 0.1) is 21.5 Å². The molecule has 8 heteroatoms. The second-order valence-electron chi connectivity index (χ2n) is 6.97. The van der Waals surface area contributed by atoms with Crippen molar-refractivity contribution in [3.8, 4) is 5.75 Å². The highest BCUT2D eigenvalue weighted by atomic mass is 35.5. The molecule has 1 aliphatic rings. The summed E-state index contributed by atoms with van der Waals surface area (Å²) in [6, 6.07) is 19.8. The predicted molar refractivity (Wildman–Crippen MR) is 130 cm³/mol. The molecule has 0 aromatic heterocycles. The molecule has 0 N–H and O–H groups in total. The summed E-state index contributed by atoms with van der Waals surface area (Å²) in [5.41, 5.74) is 2.41. The first-order valence-corrected chi connectivity index (χ1v) is 11.5. The Morgan fingerprint density at radius 3 is 2.34 bits per heavy atom. The van der Waals surface area contributed by atoms with Crippen molar-refractivity contribution in [3.05, 3.63) is 103 Å². The number of ether oxygens (including phenoxy) is 1. The predicted octanol–water partition coefficient (Wildman–Crippen LogP) is 7.46. The Labute approximate surface area is 204 Å². The summed E-state index contributed by atoms with van der Waals surface area (Å²) < 4.78 is 5.78. The van der Waals surface area contributed by atoms with Crippen molar-refractivity contribution in [3.63, 3.8) is 0 Å². The average Bonchev–Trinajstić information content (AvgIpc) is 3.04. The van der Waals surface area contributed by atoms with Gasteiger partial charge in [0, 0.05) is 10.6 Å². The van der Waals surface area contributed by atoms with Crippen LogP contribution in [0.4, 0.5) is 4.79 Å². The van der Waals surface area contributed by atoms with Gasteiger partial charge in [-0.3, -0.25) is 14.5 Å². The Bertz CT molecular complexity index is 1210. The molecule has 0 bridgehead atoms. The summed E-state index contributed by atoms with van der Waals surface area (Å²) in [5, 5.41) is 1.13. The molecule has 4 nitrogen and oxygen atoms in total. The molecule has 1 aliphatic heterocycles. The number of imide groups is 1. The van der Waals surface area contributed by atoms with Crippen LogP contribution in [0.15, 0.2) is 71.6 Å². The molecule has 32 heavy (non-hydrogen) atoms. The van der Waals surface area contributed by atoms with Crippen molar-refractivity contribution in [2.45, 2.75) is 13.2 Å². The third-order valence-electron chi connectivity index (χ3n) is 4.73. The summed E-state index contributed by atoms with van der Waals surface area (Å²) in [4.78, 5) is 26.7. The monoisotopic (exact) mass is 503 g/mol. The zero-order valence-corrected chi connectivity index (χ0v) is 19.6. The van der Waals surface area contributed by atoms with Gasteiger partial charge in [0.25, 0.3) is 11.1 Å². The van der Waals surface area contributed by atoms with Gasteiger partial charge in [0.1, 0.15) is 12.4 Å². The standard InChI is InChI=1S/C24H16Cl3NO3S/c25-19-4-2-1-3-17(19)14-31-18-8-5-15(6-9-18)12-22-23(29)28(24(30)32-22)13-16-7-10-20(26)21(27)11-16/h1-12H,13-14H2/b22-12+. The highest BCUT2D eigenvalue weighted by Crippen LogP contribution is 2.34. The van der Waals surface area contributed by atoms with Gasteiger partial charge >= 0.3 is 0 Å². The first-order valence-electron chi connectivity index (χ1n) is 9.56. The molecule has 162 valence electrons. The summed E-state index contributed by atoms with van der Waals surface area (Å²) >= 11 is 19.0. The highest BCUT2D eigenvalue weighted by Gasteiger charge is 2.35. The van der Waals surface area contributed by atoms with Crippen LogP contribution in [0.1, 0.15) is 16.7 Å². The van der Waals surface area contributed by atoms with Crippen LogP contribution >= 0.6 is 46.6 Å². The number of carbonyl (C=O) groups excluding carboxylic acids is 2. The Kier molecular flexibility index (Phi) is 7.11. The van der Waals surface area contributed by atoms with E-state index in [9.17, 15) is 9.59 Å². The Balaban J connectivity index is 1.42. The quantitative estimate of drug-likeness (QED) is 0.327. The highest BCUT2D eigenvalue weighted by molar-refractivity contribution is 8.18. The van der Waals surface area contributed by atoms with E-state index in [1.807, 2.05) is 48.5 Å². The van der Waals surface area contributed by atoms with E-state index < -0.39 is 0 Å². The van der Waals surface area contributed by atoms with Crippen LogP contribution in [0.2, 0.25) is 15.1 Å². The lowest BCUT2D eigenvalue weighted by molar-refractivity contribution is -0.123. The number of benzene rings is 3. The number of hydrogen-bond donors (Lipinski definition) is 0. The topological polar surface area (TPSA) is 46.6 Å². The SMILES string of the molecule is O=C1S/C(=C/c2ccc(OCc3ccccc3Cl)cc2)C(=O)N1Cc1ccc(Cl)c(Cl)c1. The molecule has 0 radical (unpaired) electrons. The van der Waals surface area contributed by atoms with Crippen molar-refractivity contribution in [1.29, 1.82) is 0 Å². The number of rotatable bonds is 6. The van der Waals surface area contributed by atoms with Crippen molar-refractivity contribution in [1.82, 2.24) is 4.90 Å². The van der Waals surface area contributed by atoms with Gasteiger partial charge in [-0.15, -0.1) is 0 Å². The van der Waals surface area contributed by atoms with Gasteiger partial charge in [-0.2, -0.15) is 0 Å². The zero-order valence-electron chi connectivity index (χ0n) is 16.6. The van der Waals surface area contributed by atoms with Crippen LogP contribution in [0, 0.1) is 0 Å². The lowest BCUT2D eigenvalue weighted by atomic mass is 10.2. The third-order valence-corrected chi connectivity index (χ3v) is 6.74. The third kappa shape index (κ3) is 5.30. The fourth-order valence-electron chi connectivity index (χ4n) is 3.05. The van der Waals surface area contributed by atoms with Crippen molar-refractivity contribution >= 4 is 63.8 Å². The molecule has 1 saturated heterocycles. The van der Waals surface area contributed by atoms with E-state index in [2.05, 4.69) is 0 Å². The molecule has 0 unspecified atom stereocenters. The number of hydrogen-bond acceptors (Lipinski definition) is 4. The summed E-state index contributed by atoms with van der Waals surface area (Å²) in [5.74, 6) is 0.333. The van der Waals surface area contributed by atoms with Crippen molar-refractivity contribution in [2.75, 3.05) is 0 Å². The van der Waals surface area contributed by atoms with Gasteiger partial charge in [-0.1, -0.05) is 71.2 Å². The van der Waals surface area contributed by atoms with Crippen molar-refractivity contribution < 1.29 is 14.3 Å². The molecular formula is C24H16Cl3NO3S. The van der Waals surface area contributed by atoms with E-state index in [1.165, 1.54) is 4.90 Å². The summed E-state index contributed by atoms with van der Waals surface area (Å²) in [6.45, 7) is 0.486. The first-order chi connectivity index (χ1) is 15.4. The molecule has 0 spiro atoms. The maximum atomic E-state index is 12.8. The maximum Gasteiger partial charge on any atom is 0.293 e. The molecular weight excluding hydrogens is 489 g/mol. The zero-order chi connectivity index (χ0) is 22.7. The van der Waals surface area contributed by atoms with Gasteiger partial charge in [-0.05, 0) is 59.3 Å². The van der Waals surface area contributed by atoms with E-state index in [4.69, 9.17) is 39.5 Å². The molecule has 2 amide bonds. The van der Waals surface area contributed by atoms with E-state index in [1.54, 1.807) is 24.3 Å². The van der Waals surface area contributed by atoms with Gasteiger partial charge in [0.2, 0.25) is 0 Å². The maximum absolute atomic E-state index is 12.8. The lowest BCUT2D eigenvalue weighted by Crippen LogP contribution is -2.27. The van der Waals surface area contributed by atoms with Gasteiger partial charge in [-0.25, -0.2) is 0 Å². The molecule has 4 rings (SSSR count). The smallest absolute Gasteiger partial charge is 0.293 e. The van der Waals surface area contributed by atoms with Crippen LogP contribution in [-0.4, -0.2) is 16.0 Å². The first kappa shape index (κ1) is 22.7. The Morgan fingerprint density at radius 2 is 1.62 bits per heavy atom. The second-order valence-corrected chi connectivity index (χ2v) is 9.18. The minimum atomic E-state index is -0.342. The van der Waals surface area contributed by atoms with Crippen LogP contribution in [0.25, 0.3) is 6.08 Å². The lowest BCUT2D eigenvalue weighted by Gasteiger charge is -2.13. The van der Waals surface area contributed by atoms with E-state index in [0.29, 0.717) is 32.3 Å². The minimum Gasteiger partial charge on any atom is -0.489 e. The van der Waals surface area contributed by atoms with Crippen LogP contribution < -0.4 is 4.74 Å². The summed E-state index contributed by atoms with van der Waals surface area (Å²) in [6.07, 6.45) is 1.69. The normalized spacial score (nSPS) is 15.0. The van der Waals surface area contributed by atoms with E-state index in [-0.39, 0.29) is 17.7 Å². The van der Waals surface area contributed by atoms with Crippen LogP contribution in [-0.2, 0) is 17.9 Å². The molecule has 3 aromatic carbocycles. The molecule has 0 saturated carbocycles. The Hall–Kier alpha value is -2.44. The molecule has 0 atom stereocenters. The van der Waals surface area contributed by atoms with Crippen LogP contribution in [0.3, 0.4) is 0 Å². The fraction of sp³-hybridized carbons (Fsp3) is 0.0833. The number of carbonyl (C=O) groups is 2. The fourth-order valence-corrected chi connectivity index (χ4v) is 4.39. The van der Waals surface area contributed by atoms with E-state index in [0.717, 1.165) is 28.5 Å². The average molecular weight is 505 g/mol. The van der Waals surface area contributed by atoms with Crippen molar-refractivity contribution in [2.24, 2.45) is 0 Å². The number of amides is 2. The van der Waals surface area contributed by atoms with Gasteiger partial charge < -0.3 is 4.74 Å². The molecule has 1 heterocycles. The van der Waals surface area contributed by atoms with Gasteiger partial charge in [0.15, 0.2) is 0 Å². The molecule has 3 aromatic rings. The minimum absolute atomic E-state index is 0.133. The molecule has 0 aliphatic carbocycles. The second kappa shape index (κ2) is 10.0. The Morgan fingerprint density at radius 1 is 0.875 bits per heavy atom. The van der Waals surface area contributed by atoms with E-state index >= 15 is 0 Å². The number of halogens is 3. The number of nitrogens with zero attached hydrogens (tertiary/aromatic N) is 1. The number of thioether (sulfide) groups is 1. The largest absolute Gasteiger partial charge is 0.489 e. The van der Waals surface area contributed by atoms with Crippen LogP contribution in [0.5, 0.6) is 5.75 Å².